The molecule has 0 aliphatic carbocycles. The van der Waals surface area contributed by atoms with Crippen LogP contribution in [-0.2, 0) is 6.42 Å². The van der Waals surface area contributed by atoms with Crippen molar-refractivity contribution in [2.24, 2.45) is 0 Å². The molecule has 0 atom stereocenters. The van der Waals surface area contributed by atoms with Crippen molar-refractivity contribution in [3.63, 3.8) is 0 Å². The molecule has 2 nitrogen and oxygen atoms in total. The van der Waals surface area contributed by atoms with Crippen molar-refractivity contribution >= 4 is 5.82 Å². The standard InChI is InChI=1S/C11H18N2/c1-5-9-6-10(12)13-8(4)11(9)7(2)3/h6-7H,5H2,1-4H3,(H2,12,13). The summed E-state index contributed by atoms with van der Waals surface area (Å²) in [7, 11) is 0. The molecular weight excluding hydrogens is 160 g/mol. The quantitative estimate of drug-likeness (QED) is 0.756. The monoisotopic (exact) mass is 178 g/mol. The highest BCUT2D eigenvalue weighted by Gasteiger charge is 2.10. The molecule has 0 saturated heterocycles. The molecule has 0 amide bonds. The second kappa shape index (κ2) is 3.77. The van der Waals surface area contributed by atoms with Crippen molar-refractivity contribution in [2.45, 2.75) is 40.0 Å². The first kappa shape index (κ1) is 10.0. The van der Waals surface area contributed by atoms with Gasteiger partial charge in [-0.15, -0.1) is 0 Å². The van der Waals surface area contributed by atoms with Crippen molar-refractivity contribution in [3.05, 3.63) is 22.9 Å². The van der Waals surface area contributed by atoms with Gasteiger partial charge in [-0.1, -0.05) is 20.8 Å². The van der Waals surface area contributed by atoms with Gasteiger partial charge in [-0.05, 0) is 36.5 Å². The third-order valence-corrected chi connectivity index (χ3v) is 2.31. The summed E-state index contributed by atoms with van der Waals surface area (Å²) in [6, 6.07) is 1.99. The second-order valence-corrected chi connectivity index (χ2v) is 3.71. The minimum Gasteiger partial charge on any atom is -0.384 e. The molecule has 0 unspecified atom stereocenters. The Hall–Kier alpha value is -1.05. The summed E-state index contributed by atoms with van der Waals surface area (Å²) >= 11 is 0. The SMILES string of the molecule is CCc1cc(N)nc(C)c1C(C)C. The van der Waals surface area contributed by atoms with Crippen LogP contribution in [0.25, 0.3) is 0 Å². The number of pyridine rings is 1. The molecule has 0 aromatic carbocycles. The predicted molar refractivity (Wildman–Crippen MR) is 56.9 cm³/mol. The van der Waals surface area contributed by atoms with Crippen molar-refractivity contribution in [1.82, 2.24) is 4.98 Å². The van der Waals surface area contributed by atoms with Gasteiger partial charge in [0, 0.05) is 5.69 Å². The Morgan fingerprint density at radius 3 is 2.54 bits per heavy atom. The van der Waals surface area contributed by atoms with Crippen LogP contribution in [-0.4, -0.2) is 4.98 Å². The topological polar surface area (TPSA) is 38.9 Å². The summed E-state index contributed by atoms with van der Waals surface area (Å²) < 4.78 is 0. The van der Waals surface area contributed by atoms with Gasteiger partial charge in [0.25, 0.3) is 0 Å². The Bertz CT molecular complexity index is 303. The molecule has 2 N–H and O–H groups in total. The maximum atomic E-state index is 5.69. The fourth-order valence-corrected chi connectivity index (χ4v) is 1.86. The lowest BCUT2D eigenvalue weighted by atomic mass is 9.95. The molecule has 1 aromatic rings. The van der Waals surface area contributed by atoms with E-state index >= 15 is 0 Å². The summed E-state index contributed by atoms with van der Waals surface area (Å²) in [6.45, 7) is 8.57. The van der Waals surface area contributed by atoms with Crippen LogP contribution in [0.15, 0.2) is 6.07 Å². The van der Waals surface area contributed by atoms with E-state index in [0.717, 1.165) is 12.1 Å². The van der Waals surface area contributed by atoms with Gasteiger partial charge in [0.2, 0.25) is 0 Å². The van der Waals surface area contributed by atoms with Crippen LogP contribution in [0, 0.1) is 6.92 Å². The molecule has 1 heterocycles. The molecule has 0 radical (unpaired) electrons. The summed E-state index contributed by atoms with van der Waals surface area (Å²) in [4.78, 5) is 4.28. The smallest absolute Gasteiger partial charge is 0.123 e. The number of rotatable bonds is 2. The van der Waals surface area contributed by atoms with Crippen LogP contribution in [0.2, 0.25) is 0 Å². The fourth-order valence-electron chi connectivity index (χ4n) is 1.86. The normalized spacial score (nSPS) is 10.8. The van der Waals surface area contributed by atoms with Crippen LogP contribution >= 0.6 is 0 Å². The molecule has 0 spiro atoms. The minimum atomic E-state index is 0.531. The van der Waals surface area contributed by atoms with Crippen molar-refractivity contribution < 1.29 is 0 Å². The zero-order valence-corrected chi connectivity index (χ0v) is 8.89. The highest BCUT2D eigenvalue weighted by molar-refractivity contribution is 5.42. The molecule has 2 heteroatoms. The highest BCUT2D eigenvalue weighted by atomic mass is 14.8. The Balaban J connectivity index is 3.30. The van der Waals surface area contributed by atoms with Crippen LogP contribution in [0.3, 0.4) is 0 Å². The molecular formula is C11H18N2. The van der Waals surface area contributed by atoms with Gasteiger partial charge in [-0.3, -0.25) is 0 Å². The third kappa shape index (κ3) is 2.00. The first-order valence-corrected chi connectivity index (χ1v) is 4.82. The van der Waals surface area contributed by atoms with Gasteiger partial charge in [-0.25, -0.2) is 4.98 Å². The number of nitrogens with zero attached hydrogens (tertiary/aromatic N) is 1. The molecule has 0 aliphatic rings. The Kier molecular flexibility index (Phi) is 2.91. The predicted octanol–water partition coefficient (Wildman–Crippen LogP) is 2.66. The first-order chi connectivity index (χ1) is 6.06. The average Bonchev–Trinajstić information content (AvgIpc) is 2.01. The molecule has 1 aromatic heterocycles. The molecule has 72 valence electrons. The van der Waals surface area contributed by atoms with Gasteiger partial charge < -0.3 is 5.73 Å². The number of anilines is 1. The molecule has 1 rings (SSSR count). The average molecular weight is 178 g/mol. The van der Waals surface area contributed by atoms with Crippen LogP contribution < -0.4 is 5.73 Å². The maximum absolute atomic E-state index is 5.69. The van der Waals surface area contributed by atoms with E-state index in [1.807, 2.05) is 13.0 Å². The van der Waals surface area contributed by atoms with Crippen LogP contribution in [0.1, 0.15) is 43.5 Å². The lowest BCUT2D eigenvalue weighted by Gasteiger charge is -2.14. The minimum absolute atomic E-state index is 0.531. The van der Waals surface area contributed by atoms with Gasteiger partial charge >= 0.3 is 0 Å². The highest BCUT2D eigenvalue weighted by Crippen LogP contribution is 2.24. The van der Waals surface area contributed by atoms with E-state index in [1.165, 1.54) is 11.1 Å². The van der Waals surface area contributed by atoms with Crippen molar-refractivity contribution in [2.75, 3.05) is 5.73 Å². The van der Waals surface area contributed by atoms with Crippen molar-refractivity contribution in [1.29, 1.82) is 0 Å². The lowest BCUT2D eigenvalue weighted by Crippen LogP contribution is -2.04. The van der Waals surface area contributed by atoms with Gasteiger partial charge in [0.1, 0.15) is 5.82 Å². The Labute approximate surface area is 80.2 Å². The molecule has 0 aliphatic heterocycles. The Morgan fingerprint density at radius 2 is 2.08 bits per heavy atom. The number of hydrogen-bond acceptors (Lipinski definition) is 2. The number of nitrogens with two attached hydrogens (primary N) is 1. The second-order valence-electron chi connectivity index (χ2n) is 3.71. The molecule has 0 saturated carbocycles. The number of nitrogen functional groups attached to an aromatic ring is 1. The van der Waals surface area contributed by atoms with Crippen LogP contribution in [0.4, 0.5) is 5.82 Å². The van der Waals surface area contributed by atoms with Gasteiger partial charge in [0.05, 0.1) is 0 Å². The fraction of sp³-hybridized carbons (Fsp3) is 0.545. The first-order valence-electron chi connectivity index (χ1n) is 4.82. The molecule has 0 fully saturated rings. The van der Waals surface area contributed by atoms with E-state index in [2.05, 4.69) is 25.8 Å². The largest absolute Gasteiger partial charge is 0.384 e. The maximum Gasteiger partial charge on any atom is 0.123 e. The Morgan fingerprint density at radius 1 is 1.46 bits per heavy atom. The summed E-state index contributed by atoms with van der Waals surface area (Å²) in [5.74, 6) is 1.17. The number of aryl methyl sites for hydroxylation is 2. The summed E-state index contributed by atoms with van der Waals surface area (Å²) in [5.41, 5.74) is 9.46. The zero-order chi connectivity index (χ0) is 10.0. The zero-order valence-electron chi connectivity index (χ0n) is 8.89. The number of hydrogen-bond donors (Lipinski definition) is 1. The van der Waals surface area contributed by atoms with E-state index in [1.54, 1.807) is 0 Å². The van der Waals surface area contributed by atoms with E-state index in [-0.39, 0.29) is 0 Å². The van der Waals surface area contributed by atoms with Gasteiger partial charge in [0.15, 0.2) is 0 Å². The number of aromatic nitrogens is 1. The summed E-state index contributed by atoms with van der Waals surface area (Å²) in [5, 5.41) is 0. The van der Waals surface area contributed by atoms with Crippen LogP contribution in [0.5, 0.6) is 0 Å². The van der Waals surface area contributed by atoms with E-state index in [4.69, 9.17) is 5.73 Å². The van der Waals surface area contributed by atoms with E-state index in [9.17, 15) is 0 Å². The van der Waals surface area contributed by atoms with E-state index in [0.29, 0.717) is 11.7 Å². The molecule has 13 heavy (non-hydrogen) atoms. The summed E-state index contributed by atoms with van der Waals surface area (Å²) in [6.07, 6.45) is 1.03. The van der Waals surface area contributed by atoms with Crippen molar-refractivity contribution in [3.8, 4) is 0 Å². The van der Waals surface area contributed by atoms with Gasteiger partial charge in [-0.2, -0.15) is 0 Å². The lowest BCUT2D eigenvalue weighted by molar-refractivity contribution is 0.821. The molecule has 0 bridgehead atoms. The van der Waals surface area contributed by atoms with E-state index < -0.39 is 0 Å². The third-order valence-electron chi connectivity index (χ3n) is 2.31.